The molecule has 2 aromatic rings. The zero-order valence-electron chi connectivity index (χ0n) is 11.5. The molecule has 0 spiro atoms. The number of rotatable bonds is 3. The van der Waals surface area contributed by atoms with Crippen LogP contribution in [0.15, 0.2) is 41.3 Å². The summed E-state index contributed by atoms with van der Waals surface area (Å²) in [7, 11) is -2.67. The lowest BCUT2D eigenvalue weighted by atomic mass is 10.2. The van der Waals surface area contributed by atoms with Gasteiger partial charge in [-0.2, -0.15) is 0 Å². The number of sulfonamides is 1. The number of anilines is 2. The van der Waals surface area contributed by atoms with Crippen LogP contribution in [-0.2, 0) is 10.0 Å². The molecule has 7 heteroatoms. The first kappa shape index (κ1) is 15.2. The first-order chi connectivity index (χ1) is 9.73. The summed E-state index contributed by atoms with van der Waals surface area (Å²) in [5.41, 5.74) is 6.11. The van der Waals surface area contributed by atoms with Crippen LogP contribution in [0.4, 0.5) is 20.2 Å². The SMILES string of the molecule is Cc1c(N)cc(S(=O)(=O)N(C)c2ccc(F)cc2)cc1F. The molecule has 0 bridgehead atoms. The second-order valence-electron chi connectivity index (χ2n) is 4.57. The lowest BCUT2D eigenvalue weighted by molar-refractivity contribution is 0.588. The summed E-state index contributed by atoms with van der Waals surface area (Å²) in [5.74, 6) is -1.17. The fourth-order valence-corrected chi connectivity index (χ4v) is 3.01. The highest BCUT2D eigenvalue weighted by Gasteiger charge is 2.23. The smallest absolute Gasteiger partial charge is 0.264 e. The molecule has 0 fully saturated rings. The van der Waals surface area contributed by atoms with Crippen LogP contribution in [0.3, 0.4) is 0 Å². The predicted molar refractivity (Wildman–Crippen MR) is 77.5 cm³/mol. The van der Waals surface area contributed by atoms with E-state index in [4.69, 9.17) is 5.73 Å². The molecule has 0 unspecified atom stereocenters. The van der Waals surface area contributed by atoms with E-state index in [2.05, 4.69) is 0 Å². The summed E-state index contributed by atoms with van der Waals surface area (Å²) in [6.45, 7) is 1.46. The van der Waals surface area contributed by atoms with Gasteiger partial charge in [-0.3, -0.25) is 4.31 Å². The van der Waals surface area contributed by atoms with Crippen molar-refractivity contribution in [2.75, 3.05) is 17.1 Å². The number of hydrogen-bond acceptors (Lipinski definition) is 3. The Labute approximate surface area is 121 Å². The fraction of sp³-hybridized carbons (Fsp3) is 0.143. The van der Waals surface area contributed by atoms with Crippen LogP contribution in [0.1, 0.15) is 5.56 Å². The molecule has 0 aromatic heterocycles. The number of hydrogen-bond donors (Lipinski definition) is 1. The van der Waals surface area contributed by atoms with Gasteiger partial charge in [-0.1, -0.05) is 0 Å². The molecule has 0 aliphatic rings. The van der Waals surface area contributed by atoms with E-state index in [9.17, 15) is 17.2 Å². The maximum Gasteiger partial charge on any atom is 0.264 e. The monoisotopic (exact) mass is 312 g/mol. The van der Waals surface area contributed by atoms with Crippen LogP contribution in [0, 0.1) is 18.6 Å². The third-order valence-electron chi connectivity index (χ3n) is 3.21. The van der Waals surface area contributed by atoms with Crippen molar-refractivity contribution in [1.29, 1.82) is 0 Å². The second kappa shape index (κ2) is 5.33. The van der Waals surface area contributed by atoms with Gasteiger partial charge in [-0.25, -0.2) is 17.2 Å². The summed E-state index contributed by atoms with van der Waals surface area (Å²) < 4.78 is 52.4. The summed E-state index contributed by atoms with van der Waals surface area (Å²) in [5, 5.41) is 0. The van der Waals surface area contributed by atoms with Crippen molar-refractivity contribution in [3.05, 3.63) is 53.6 Å². The molecule has 0 amide bonds. The predicted octanol–water partition coefficient (Wildman–Crippen LogP) is 2.68. The number of nitrogens with two attached hydrogens (primary N) is 1. The highest BCUT2D eigenvalue weighted by molar-refractivity contribution is 7.92. The molecular weight excluding hydrogens is 298 g/mol. The van der Waals surface area contributed by atoms with Gasteiger partial charge in [-0.05, 0) is 43.3 Å². The molecule has 0 aliphatic heterocycles. The molecule has 112 valence electrons. The zero-order chi connectivity index (χ0) is 15.8. The largest absolute Gasteiger partial charge is 0.398 e. The summed E-state index contributed by atoms with van der Waals surface area (Å²) in [6.07, 6.45) is 0. The van der Waals surface area contributed by atoms with Crippen molar-refractivity contribution >= 4 is 21.4 Å². The van der Waals surface area contributed by atoms with Gasteiger partial charge < -0.3 is 5.73 Å². The Morgan fingerprint density at radius 1 is 1.10 bits per heavy atom. The number of nitrogen functional groups attached to an aromatic ring is 1. The highest BCUT2D eigenvalue weighted by Crippen LogP contribution is 2.26. The number of benzene rings is 2. The number of nitrogens with zero attached hydrogens (tertiary/aromatic N) is 1. The van der Waals surface area contributed by atoms with E-state index in [1.807, 2.05) is 0 Å². The molecule has 0 saturated carbocycles. The molecule has 0 heterocycles. The highest BCUT2D eigenvalue weighted by atomic mass is 32.2. The first-order valence-electron chi connectivity index (χ1n) is 6.03. The van der Waals surface area contributed by atoms with Gasteiger partial charge in [0.2, 0.25) is 0 Å². The van der Waals surface area contributed by atoms with Crippen LogP contribution in [-0.4, -0.2) is 15.5 Å². The van der Waals surface area contributed by atoms with Gasteiger partial charge in [0.05, 0.1) is 10.6 Å². The normalized spacial score (nSPS) is 11.4. The number of halogens is 2. The molecule has 2 aromatic carbocycles. The Morgan fingerprint density at radius 2 is 1.67 bits per heavy atom. The van der Waals surface area contributed by atoms with Crippen molar-refractivity contribution in [2.24, 2.45) is 0 Å². The molecule has 0 aliphatic carbocycles. The van der Waals surface area contributed by atoms with E-state index >= 15 is 0 Å². The fourth-order valence-electron chi connectivity index (χ4n) is 1.77. The quantitative estimate of drug-likeness (QED) is 0.886. The first-order valence-corrected chi connectivity index (χ1v) is 7.47. The van der Waals surface area contributed by atoms with Gasteiger partial charge >= 0.3 is 0 Å². The van der Waals surface area contributed by atoms with E-state index in [0.29, 0.717) is 0 Å². The van der Waals surface area contributed by atoms with Crippen LogP contribution in [0.2, 0.25) is 0 Å². The molecule has 2 N–H and O–H groups in total. The van der Waals surface area contributed by atoms with E-state index in [0.717, 1.165) is 22.5 Å². The summed E-state index contributed by atoms with van der Waals surface area (Å²) in [4.78, 5) is -0.255. The van der Waals surface area contributed by atoms with Gasteiger partial charge in [0, 0.05) is 18.3 Å². The third kappa shape index (κ3) is 2.82. The molecular formula is C14H14F2N2O2S. The van der Waals surface area contributed by atoms with E-state index in [1.54, 1.807) is 0 Å². The molecule has 2 rings (SSSR count). The standard InChI is InChI=1S/C14H14F2N2O2S/c1-9-13(16)7-12(8-14(9)17)21(19,20)18(2)11-5-3-10(15)4-6-11/h3-8H,17H2,1-2H3. The minimum Gasteiger partial charge on any atom is -0.398 e. The minimum absolute atomic E-state index is 0.0566. The van der Waals surface area contributed by atoms with Gasteiger partial charge in [-0.15, -0.1) is 0 Å². The van der Waals surface area contributed by atoms with E-state index in [1.165, 1.54) is 32.2 Å². The van der Waals surface area contributed by atoms with E-state index in [-0.39, 0.29) is 21.8 Å². The van der Waals surface area contributed by atoms with Gasteiger partial charge in [0.1, 0.15) is 11.6 Å². The van der Waals surface area contributed by atoms with Crippen LogP contribution >= 0.6 is 0 Å². The van der Waals surface area contributed by atoms with Crippen molar-refractivity contribution in [2.45, 2.75) is 11.8 Å². The Kier molecular flexibility index (Phi) is 3.87. The van der Waals surface area contributed by atoms with Crippen LogP contribution < -0.4 is 10.0 Å². The average molecular weight is 312 g/mol. The molecule has 4 nitrogen and oxygen atoms in total. The maximum atomic E-state index is 13.7. The average Bonchev–Trinajstić information content (AvgIpc) is 2.44. The van der Waals surface area contributed by atoms with Crippen molar-refractivity contribution in [3.8, 4) is 0 Å². The second-order valence-corrected chi connectivity index (χ2v) is 6.54. The van der Waals surface area contributed by atoms with Gasteiger partial charge in [0.15, 0.2) is 0 Å². The van der Waals surface area contributed by atoms with Gasteiger partial charge in [0.25, 0.3) is 10.0 Å². The Bertz CT molecular complexity index is 751. The lowest BCUT2D eigenvalue weighted by Gasteiger charge is -2.20. The topological polar surface area (TPSA) is 63.4 Å². The summed E-state index contributed by atoms with van der Waals surface area (Å²) >= 11 is 0. The van der Waals surface area contributed by atoms with Crippen LogP contribution in [0.5, 0.6) is 0 Å². The Hall–Kier alpha value is -2.15. The molecule has 0 saturated heterocycles. The lowest BCUT2D eigenvalue weighted by Crippen LogP contribution is -2.26. The minimum atomic E-state index is -3.98. The van der Waals surface area contributed by atoms with Crippen molar-refractivity contribution < 1.29 is 17.2 Å². The Balaban J connectivity index is 2.49. The zero-order valence-corrected chi connectivity index (χ0v) is 12.3. The summed E-state index contributed by atoms with van der Waals surface area (Å²) in [6, 6.07) is 7.05. The van der Waals surface area contributed by atoms with Crippen LogP contribution in [0.25, 0.3) is 0 Å². The molecule has 0 atom stereocenters. The Morgan fingerprint density at radius 3 is 2.19 bits per heavy atom. The third-order valence-corrected chi connectivity index (χ3v) is 4.97. The van der Waals surface area contributed by atoms with Crippen molar-refractivity contribution in [1.82, 2.24) is 0 Å². The van der Waals surface area contributed by atoms with E-state index < -0.39 is 21.7 Å². The van der Waals surface area contributed by atoms with Crippen molar-refractivity contribution in [3.63, 3.8) is 0 Å². The molecule has 21 heavy (non-hydrogen) atoms. The maximum absolute atomic E-state index is 13.7. The molecule has 0 radical (unpaired) electrons.